The summed E-state index contributed by atoms with van der Waals surface area (Å²) < 4.78 is 28.3. The van der Waals surface area contributed by atoms with E-state index in [4.69, 9.17) is 0 Å². The summed E-state index contributed by atoms with van der Waals surface area (Å²) in [6.07, 6.45) is 0.746. The molecular formula is C28H28F2N4O2. The van der Waals surface area contributed by atoms with Crippen molar-refractivity contribution in [1.82, 2.24) is 9.80 Å². The minimum Gasteiger partial charge on any atom is -0.366 e. The first-order chi connectivity index (χ1) is 17.5. The second-order valence-electron chi connectivity index (χ2n) is 9.08. The lowest BCUT2D eigenvalue weighted by Crippen LogP contribution is -2.49. The molecule has 3 aromatic rings. The minimum absolute atomic E-state index is 0.113. The quantitative estimate of drug-likeness (QED) is 0.518. The van der Waals surface area contributed by atoms with Gasteiger partial charge in [-0.05, 0) is 42.8 Å². The zero-order valence-corrected chi connectivity index (χ0v) is 19.9. The maximum atomic E-state index is 14.1. The summed E-state index contributed by atoms with van der Waals surface area (Å²) in [6.45, 7) is 3.34. The Morgan fingerprint density at radius 2 is 1.50 bits per heavy atom. The number of halogens is 2. The highest BCUT2D eigenvalue weighted by molar-refractivity contribution is 5.98. The van der Waals surface area contributed by atoms with Crippen LogP contribution in [0.1, 0.15) is 22.3 Å². The molecule has 8 heteroatoms. The van der Waals surface area contributed by atoms with Gasteiger partial charge in [0.15, 0.2) is 0 Å². The van der Waals surface area contributed by atoms with Crippen LogP contribution in [0.15, 0.2) is 72.8 Å². The molecule has 0 aromatic heterocycles. The normalized spacial score (nSPS) is 16.4. The Morgan fingerprint density at radius 1 is 0.778 bits per heavy atom. The molecule has 36 heavy (non-hydrogen) atoms. The topological polar surface area (TPSA) is 47.1 Å². The third-order valence-electron chi connectivity index (χ3n) is 6.80. The van der Waals surface area contributed by atoms with Gasteiger partial charge in [-0.3, -0.25) is 9.69 Å². The fourth-order valence-corrected chi connectivity index (χ4v) is 4.85. The number of hydrogen-bond donors (Lipinski definition) is 0. The van der Waals surface area contributed by atoms with Gasteiger partial charge < -0.3 is 14.7 Å². The van der Waals surface area contributed by atoms with E-state index in [1.807, 2.05) is 11.0 Å². The number of carbonyl (C=O) groups excluding carboxylic acids is 2. The van der Waals surface area contributed by atoms with Crippen molar-refractivity contribution in [2.24, 2.45) is 0 Å². The van der Waals surface area contributed by atoms with E-state index >= 15 is 0 Å². The molecule has 3 amide bonds. The number of urea groups is 1. The number of anilines is 2. The summed E-state index contributed by atoms with van der Waals surface area (Å²) >= 11 is 0. The van der Waals surface area contributed by atoms with Crippen molar-refractivity contribution in [2.75, 3.05) is 49.1 Å². The van der Waals surface area contributed by atoms with E-state index in [1.54, 1.807) is 69.3 Å². The highest BCUT2D eigenvalue weighted by atomic mass is 19.1. The van der Waals surface area contributed by atoms with Gasteiger partial charge in [-0.15, -0.1) is 0 Å². The summed E-state index contributed by atoms with van der Waals surface area (Å²) in [7, 11) is 0. The molecule has 2 fully saturated rings. The van der Waals surface area contributed by atoms with Gasteiger partial charge in [-0.2, -0.15) is 0 Å². The van der Waals surface area contributed by atoms with Crippen LogP contribution in [0.4, 0.5) is 25.0 Å². The Morgan fingerprint density at radius 3 is 2.25 bits per heavy atom. The van der Waals surface area contributed by atoms with Gasteiger partial charge in [0.2, 0.25) is 0 Å². The molecule has 5 rings (SSSR count). The highest BCUT2D eigenvalue weighted by Crippen LogP contribution is 2.25. The maximum Gasteiger partial charge on any atom is 0.324 e. The molecule has 0 aliphatic carbocycles. The third-order valence-corrected chi connectivity index (χ3v) is 6.80. The molecular weight excluding hydrogens is 462 g/mol. The van der Waals surface area contributed by atoms with E-state index in [0.29, 0.717) is 61.8 Å². The average Bonchev–Trinajstić information content (AvgIpc) is 2.91. The summed E-state index contributed by atoms with van der Waals surface area (Å²) in [5.74, 6) is -0.706. The predicted octanol–water partition coefficient (Wildman–Crippen LogP) is 4.76. The Bertz CT molecular complexity index is 1260. The van der Waals surface area contributed by atoms with Gasteiger partial charge in [-0.1, -0.05) is 36.4 Å². The first-order valence-electron chi connectivity index (χ1n) is 12.2. The molecule has 0 atom stereocenters. The number of amides is 3. The Balaban J connectivity index is 1.26. The number of nitrogens with zero attached hydrogens (tertiary/aromatic N) is 4. The maximum absolute atomic E-state index is 14.1. The molecule has 2 heterocycles. The minimum atomic E-state index is -0.329. The number of benzene rings is 3. The van der Waals surface area contributed by atoms with E-state index in [2.05, 4.69) is 0 Å². The number of rotatable bonds is 5. The van der Waals surface area contributed by atoms with Crippen molar-refractivity contribution in [3.05, 3.63) is 95.6 Å². The third kappa shape index (κ3) is 4.89. The van der Waals surface area contributed by atoms with Crippen LogP contribution in [0.3, 0.4) is 0 Å². The van der Waals surface area contributed by atoms with Crippen molar-refractivity contribution in [3.63, 3.8) is 0 Å². The van der Waals surface area contributed by atoms with Gasteiger partial charge in [0.25, 0.3) is 5.91 Å². The Labute approximate surface area is 209 Å². The van der Waals surface area contributed by atoms with E-state index in [-0.39, 0.29) is 30.1 Å². The summed E-state index contributed by atoms with van der Waals surface area (Å²) in [4.78, 5) is 33.5. The molecule has 0 radical (unpaired) electrons. The molecule has 0 unspecified atom stereocenters. The molecule has 0 N–H and O–H groups in total. The first kappa shape index (κ1) is 23.8. The van der Waals surface area contributed by atoms with Crippen LogP contribution in [0.5, 0.6) is 0 Å². The van der Waals surface area contributed by atoms with Crippen molar-refractivity contribution < 1.29 is 18.4 Å². The molecule has 0 saturated carbocycles. The van der Waals surface area contributed by atoms with E-state index < -0.39 is 0 Å². The van der Waals surface area contributed by atoms with Crippen LogP contribution < -0.4 is 9.80 Å². The smallest absolute Gasteiger partial charge is 0.324 e. The van der Waals surface area contributed by atoms with Gasteiger partial charge in [0.1, 0.15) is 11.6 Å². The number of para-hydroxylation sites is 1. The lowest BCUT2D eigenvalue weighted by molar-refractivity contribution is 0.0746. The van der Waals surface area contributed by atoms with Crippen LogP contribution in [0.2, 0.25) is 0 Å². The second-order valence-corrected chi connectivity index (χ2v) is 9.08. The van der Waals surface area contributed by atoms with Gasteiger partial charge in [0, 0.05) is 56.1 Å². The van der Waals surface area contributed by atoms with Crippen LogP contribution in [-0.4, -0.2) is 61.0 Å². The molecule has 6 nitrogen and oxygen atoms in total. The molecule has 2 aliphatic heterocycles. The van der Waals surface area contributed by atoms with Crippen LogP contribution in [0.25, 0.3) is 0 Å². The molecule has 186 valence electrons. The lowest BCUT2D eigenvalue weighted by atomic mass is 10.1. The van der Waals surface area contributed by atoms with E-state index in [0.717, 1.165) is 6.42 Å². The molecule has 0 spiro atoms. The largest absolute Gasteiger partial charge is 0.366 e. The fraction of sp³-hybridized carbons (Fsp3) is 0.286. The monoisotopic (exact) mass is 490 g/mol. The standard InChI is InChI=1S/C28H28F2N4O2/c29-24-10-2-1-7-22(24)20-33-13-6-14-34(28(33)36)23-9-5-8-21(19-23)27(35)32-17-15-31(16-18-32)26-12-4-3-11-25(26)30/h1-5,7-12,19H,6,13-18,20H2. The van der Waals surface area contributed by atoms with Crippen molar-refractivity contribution in [1.29, 1.82) is 0 Å². The van der Waals surface area contributed by atoms with E-state index in [1.165, 1.54) is 12.1 Å². The second kappa shape index (κ2) is 10.4. The lowest BCUT2D eigenvalue weighted by Gasteiger charge is -2.37. The van der Waals surface area contributed by atoms with Gasteiger partial charge >= 0.3 is 6.03 Å². The Kier molecular flexibility index (Phi) is 6.84. The summed E-state index contributed by atoms with van der Waals surface area (Å²) in [6, 6.07) is 20.0. The average molecular weight is 491 g/mol. The molecule has 3 aromatic carbocycles. The summed E-state index contributed by atoms with van der Waals surface area (Å²) in [5, 5.41) is 0. The zero-order valence-electron chi connectivity index (χ0n) is 19.9. The Hall–Kier alpha value is -3.94. The first-order valence-corrected chi connectivity index (χ1v) is 12.2. The number of hydrogen-bond acceptors (Lipinski definition) is 3. The van der Waals surface area contributed by atoms with Crippen LogP contribution in [-0.2, 0) is 6.54 Å². The van der Waals surface area contributed by atoms with E-state index in [9.17, 15) is 18.4 Å². The van der Waals surface area contributed by atoms with Gasteiger partial charge in [-0.25, -0.2) is 13.6 Å². The number of carbonyl (C=O) groups is 2. The van der Waals surface area contributed by atoms with Crippen LogP contribution >= 0.6 is 0 Å². The van der Waals surface area contributed by atoms with Crippen molar-refractivity contribution in [2.45, 2.75) is 13.0 Å². The van der Waals surface area contributed by atoms with Gasteiger partial charge in [0.05, 0.1) is 12.2 Å². The SMILES string of the molecule is O=C(c1cccc(N2CCCN(Cc3ccccc3F)C2=O)c1)N1CCN(c2ccccc2F)CC1. The molecule has 0 bridgehead atoms. The summed E-state index contributed by atoms with van der Waals surface area (Å²) in [5.41, 5.74) is 2.18. The fourth-order valence-electron chi connectivity index (χ4n) is 4.85. The zero-order chi connectivity index (χ0) is 25.1. The molecule has 2 aliphatic rings. The number of piperazine rings is 1. The van der Waals surface area contributed by atoms with Crippen LogP contribution in [0, 0.1) is 11.6 Å². The van der Waals surface area contributed by atoms with Crippen molar-refractivity contribution >= 4 is 23.3 Å². The van der Waals surface area contributed by atoms with Crippen molar-refractivity contribution in [3.8, 4) is 0 Å². The predicted molar refractivity (Wildman–Crippen MR) is 135 cm³/mol. The molecule has 2 saturated heterocycles. The highest BCUT2D eigenvalue weighted by Gasteiger charge is 2.29.